The molecule has 0 fully saturated rings. The number of anilines is 2. The summed E-state index contributed by atoms with van der Waals surface area (Å²) in [7, 11) is 0. The molecule has 0 bridgehead atoms. The van der Waals surface area contributed by atoms with Gasteiger partial charge in [-0.1, -0.05) is 0 Å². The zero-order chi connectivity index (χ0) is 14.1. The lowest BCUT2D eigenvalue weighted by Gasteiger charge is -2.04. The van der Waals surface area contributed by atoms with Crippen molar-refractivity contribution >= 4 is 38.8 Å². The van der Waals surface area contributed by atoms with Crippen LogP contribution < -0.4 is 11.1 Å². The molecule has 0 saturated carbocycles. The zero-order valence-corrected chi connectivity index (χ0v) is 11.6. The van der Waals surface area contributed by atoms with E-state index in [0.29, 0.717) is 16.3 Å². The van der Waals surface area contributed by atoms with Crippen molar-refractivity contribution in [3.8, 4) is 0 Å². The van der Waals surface area contributed by atoms with Crippen molar-refractivity contribution in [1.29, 1.82) is 0 Å². The number of carbonyl (C=O) groups is 1. The number of nitrogens with zero attached hydrogens (tertiary/aromatic N) is 2. The second-order valence-corrected chi connectivity index (χ2v) is 5.41. The van der Waals surface area contributed by atoms with E-state index in [2.05, 4.69) is 15.3 Å². The zero-order valence-electron chi connectivity index (χ0n) is 10.8. The van der Waals surface area contributed by atoms with Crippen LogP contribution in [0, 0.1) is 6.92 Å². The van der Waals surface area contributed by atoms with Gasteiger partial charge in [0.15, 0.2) is 0 Å². The van der Waals surface area contributed by atoms with Gasteiger partial charge in [-0.05, 0) is 30.7 Å². The number of aryl methyl sites for hydroxylation is 1. The molecule has 6 heteroatoms. The fourth-order valence-corrected chi connectivity index (χ4v) is 2.89. The lowest BCUT2D eigenvalue weighted by atomic mass is 10.2. The number of carbonyl (C=O) groups excluding carboxylic acids is 1. The van der Waals surface area contributed by atoms with Crippen LogP contribution in [-0.2, 0) is 0 Å². The Hall–Kier alpha value is -2.47. The van der Waals surface area contributed by atoms with Gasteiger partial charge in [-0.2, -0.15) is 0 Å². The third kappa shape index (κ3) is 2.21. The highest BCUT2D eigenvalue weighted by Gasteiger charge is 2.17. The van der Waals surface area contributed by atoms with Crippen molar-refractivity contribution in [1.82, 2.24) is 9.97 Å². The van der Waals surface area contributed by atoms with E-state index >= 15 is 0 Å². The molecular weight excluding hydrogens is 272 g/mol. The Morgan fingerprint density at radius 2 is 2.25 bits per heavy atom. The highest BCUT2D eigenvalue weighted by Crippen LogP contribution is 2.32. The Morgan fingerprint density at radius 3 is 3.00 bits per heavy atom. The number of thiophene rings is 1. The third-order valence-corrected chi connectivity index (χ3v) is 3.97. The summed E-state index contributed by atoms with van der Waals surface area (Å²) in [5.74, 6) is -0.238. The SMILES string of the molecule is Cc1cncc(NC(=O)c2sc3ncccc3c2N)c1. The van der Waals surface area contributed by atoms with Gasteiger partial charge < -0.3 is 11.1 Å². The molecule has 0 aliphatic rings. The highest BCUT2D eigenvalue weighted by atomic mass is 32.1. The van der Waals surface area contributed by atoms with Crippen LogP contribution in [0.15, 0.2) is 36.8 Å². The Morgan fingerprint density at radius 1 is 1.40 bits per heavy atom. The van der Waals surface area contributed by atoms with Crippen molar-refractivity contribution in [3.63, 3.8) is 0 Å². The van der Waals surface area contributed by atoms with E-state index in [0.717, 1.165) is 15.8 Å². The lowest BCUT2D eigenvalue weighted by molar-refractivity contribution is 0.103. The number of amides is 1. The second kappa shape index (κ2) is 4.90. The molecule has 5 nitrogen and oxygen atoms in total. The Balaban J connectivity index is 1.95. The van der Waals surface area contributed by atoms with E-state index in [4.69, 9.17) is 5.73 Å². The molecule has 3 aromatic rings. The average Bonchev–Trinajstić information content (AvgIpc) is 2.77. The molecule has 0 aromatic carbocycles. The minimum atomic E-state index is -0.238. The maximum Gasteiger partial charge on any atom is 0.267 e. The number of aromatic nitrogens is 2. The molecule has 0 spiro atoms. The van der Waals surface area contributed by atoms with E-state index in [9.17, 15) is 4.79 Å². The van der Waals surface area contributed by atoms with Crippen LogP contribution in [-0.4, -0.2) is 15.9 Å². The van der Waals surface area contributed by atoms with Crippen molar-refractivity contribution in [2.24, 2.45) is 0 Å². The van der Waals surface area contributed by atoms with E-state index in [1.54, 1.807) is 24.7 Å². The van der Waals surface area contributed by atoms with Crippen molar-refractivity contribution in [2.75, 3.05) is 11.1 Å². The first-order chi connectivity index (χ1) is 9.65. The van der Waals surface area contributed by atoms with Crippen LogP contribution in [0.1, 0.15) is 15.2 Å². The molecule has 0 saturated heterocycles. The van der Waals surface area contributed by atoms with Crippen molar-refractivity contribution < 1.29 is 4.79 Å². The summed E-state index contributed by atoms with van der Waals surface area (Å²) in [5, 5.41) is 3.61. The second-order valence-electron chi connectivity index (χ2n) is 4.41. The smallest absolute Gasteiger partial charge is 0.267 e. The van der Waals surface area contributed by atoms with Crippen LogP contribution in [0.5, 0.6) is 0 Å². The summed E-state index contributed by atoms with van der Waals surface area (Å²) in [6.45, 7) is 1.92. The summed E-state index contributed by atoms with van der Waals surface area (Å²) in [5.41, 5.74) is 8.12. The molecular formula is C14H12N4OS. The summed E-state index contributed by atoms with van der Waals surface area (Å²) >= 11 is 1.29. The molecule has 3 rings (SSSR count). The molecule has 20 heavy (non-hydrogen) atoms. The van der Waals surface area contributed by atoms with Gasteiger partial charge in [0.1, 0.15) is 9.71 Å². The molecule has 0 aliphatic carbocycles. The van der Waals surface area contributed by atoms with E-state index in [1.165, 1.54) is 11.3 Å². The van der Waals surface area contributed by atoms with Gasteiger partial charge >= 0.3 is 0 Å². The molecule has 0 unspecified atom stereocenters. The maximum atomic E-state index is 12.3. The minimum absolute atomic E-state index is 0.238. The summed E-state index contributed by atoms with van der Waals surface area (Å²) < 4.78 is 0. The third-order valence-electron chi connectivity index (χ3n) is 2.84. The molecule has 3 N–H and O–H groups in total. The standard InChI is InChI=1S/C14H12N4OS/c1-8-5-9(7-16-6-8)18-13(19)12-11(15)10-3-2-4-17-14(10)20-12/h2-7H,15H2,1H3,(H,18,19). The van der Waals surface area contributed by atoms with Gasteiger partial charge in [0.25, 0.3) is 5.91 Å². The van der Waals surface area contributed by atoms with Gasteiger partial charge in [-0.15, -0.1) is 11.3 Å². The summed E-state index contributed by atoms with van der Waals surface area (Å²) in [6, 6.07) is 5.52. The molecule has 0 aliphatic heterocycles. The number of pyridine rings is 2. The molecule has 0 radical (unpaired) electrons. The van der Waals surface area contributed by atoms with Crippen molar-refractivity contribution in [3.05, 3.63) is 47.2 Å². The monoisotopic (exact) mass is 284 g/mol. The number of fused-ring (bicyclic) bond motifs is 1. The predicted molar refractivity (Wildman–Crippen MR) is 81.0 cm³/mol. The van der Waals surface area contributed by atoms with Crippen LogP contribution >= 0.6 is 11.3 Å². The normalized spacial score (nSPS) is 10.7. The largest absolute Gasteiger partial charge is 0.397 e. The summed E-state index contributed by atoms with van der Waals surface area (Å²) in [6.07, 6.45) is 5.02. The van der Waals surface area contributed by atoms with E-state index < -0.39 is 0 Å². The van der Waals surface area contributed by atoms with Gasteiger partial charge in [0.05, 0.1) is 17.6 Å². The number of hydrogen-bond donors (Lipinski definition) is 2. The first kappa shape index (κ1) is 12.6. The molecule has 3 aromatic heterocycles. The van der Waals surface area contributed by atoms with Crippen LogP contribution in [0.25, 0.3) is 10.2 Å². The van der Waals surface area contributed by atoms with Gasteiger partial charge in [-0.25, -0.2) is 4.98 Å². The maximum absolute atomic E-state index is 12.3. The highest BCUT2D eigenvalue weighted by molar-refractivity contribution is 7.21. The average molecular weight is 284 g/mol. The van der Waals surface area contributed by atoms with Crippen LogP contribution in [0.4, 0.5) is 11.4 Å². The summed E-state index contributed by atoms with van der Waals surface area (Å²) in [4.78, 5) is 21.8. The molecule has 3 heterocycles. The van der Waals surface area contributed by atoms with Crippen molar-refractivity contribution in [2.45, 2.75) is 6.92 Å². The fraction of sp³-hybridized carbons (Fsp3) is 0.0714. The lowest BCUT2D eigenvalue weighted by Crippen LogP contribution is -2.12. The van der Waals surface area contributed by atoms with Crippen LogP contribution in [0.2, 0.25) is 0 Å². The Labute approximate surface area is 119 Å². The molecule has 100 valence electrons. The van der Waals surface area contributed by atoms with Gasteiger partial charge in [0.2, 0.25) is 0 Å². The van der Waals surface area contributed by atoms with Crippen LogP contribution in [0.3, 0.4) is 0 Å². The van der Waals surface area contributed by atoms with Gasteiger partial charge in [0, 0.05) is 17.8 Å². The number of nitrogens with one attached hydrogen (secondary N) is 1. The number of nitrogen functional groups attached to an aromatic ring is 1. The van der Waals surface area contributed by atoms with E-state index in [-0.39, 0.29) is 5.91 Å². The first-order valence-corrected chi connectivity index (χ1v) is 6.83. The predicted octanol–water partition coefficient (Wildman–Crippen LogP) is 2.83. The molecule has 0 atom stereocenters. The topological polar surface area (TPSA) is 80.9 Å². The molecule has 1 amide bonds. The number of hydrogen-bond acceptors (Lipinski definition) is 5. The van der Waals surface area contributed by atoms with E-state index in [1.807, 2.05) is 19.1 Å². The fourth-order valence-electron chi connectivity index (χ4n) is 1.93. The number of nitrogens with two attached hydrogens (primary N) is 1. The minimum Gasteiger partial charge on any atom is -0.397 e. The van der Waals surface area contributed by atoms with Gasteiger partial charge in [-0.3, -0.25) is 9.78 Å². The Bertz CT molecular complexity index is 797. The Kier molecular flexibility index (Phi) is 3.08. The number of rotatable bonds is 2. The first-order valence-electron chi connectivity index (χ1n) is 6.01. The quantitative estimate of drug-likeness (QED) is 0.758.